The van der Waals surface area contributed by atoms with Gasteiger partial charge in [0.05, 0.1) is 34.9 Å². The lowest BCUT2D eigenvalue weighted by atomic mass is 9.95. The van der Waals surface area contributed by atoms with Crippen LogP contribution in [0.2, 0.25) is 0 Å². The van der Waals surface area contributed by atoms with Crippen molar-refractivity contribution in [2.75, 3.05) is 50.5 Å². The monoisotopic (exact) mass is 637 g/mol. The smallest absolute Gasteiger partial charge is 0.418 e. The number of nitrogens with two attached hydrogens (primary N) is 1. The molecule has 4 fully saturated rings. The topological polar surface area (TPSA) is 102 Å². The molecule has 2 aromatic heterocycles. The minimum absolute atomic E-state index is 0.0339. The van der Waals surface area contributed by atoms with Crippen LogP contribution in [0.3, 0.4) is 0 Å². The number of aryl methyl sites for hydroxylation is 1. The van der Waals surface area contributed by atoms with Gasteiger partial charge in [0.1, 0.15) is 29.9 Å². The maximum atomic E-state index is 16.7. The van der Waals surface area contributed by atoms with Gasteiger partial charge in [0.25, 0.3) is 0 Å². The van der Waals surface area contributed by atoms with Crippen LogP contribution in [-0.2, 0) is 6.18 Å². The van der Waals surface area contributed by atoms with Gasteiger partial charge in [0.2, 0.25) is 0 Å². The van der Waals surface area contributed by atoms with Crippen LogP contribution in [-0.4, -0.2) is 83.5 Å². The second-order valence-electron chi connectivity index (χ2n) is 12.6. The molecule has 45 heavy (non-hydrogen) atoms. The second kappa shape index (κ2) is 10.7. The van der Waals surface area contributed by atoms with E-state index in [0.29, 0.717) is 26.1 Å². The molecule has 4 aliphatic heterocycles. The minimum Gasteiger partial charge on any atom is -0.493 e. The van der Waals surface area contributed by atoms with E-state index in [4.69, 9.17) is 15.2 Å². The Bertz CT molecular complexity index is 1660. The number of nitrogens with zero attached hydrogens (tertiary/aromatic N) is 5. The maximum Gasteiger partial charge on any atom is 0.418 e. The number of aromatic nitrogens is 3. The summed E-state index contributed by atoms with van der Waals surface area (Å²) in [5.74, 6) is -3.51. The van der Waals surface area contributed by atoms with Crippen molar-refractivity contribution in [1.82, 2.24) is 25.2 Å². The van der Waals surface area contributed by atoms with E-state index in [1.165, 1.54) is 0 Å². The first-order chi connectivity index (χ1) is 21.4. The number of halogens is 6. The summed E-state index contributed by atoms with van der Waals surface area (Å²) in [5.41, 5.74) is 0.950. The molecule has 242 valence electrons. The van der Waals surface area contributed by atoms with E-state index in [-0.39, 0.29) is 53.7 Å². The molecule has 4 atom stereocenters. The predicted octanol–water partition coefficient (Wildman–Crippen LogP) is 4.78. The Morgan fingerprint density at radius 3 is 2.51 bits per heavy atom. The fourth-order valence-electron chi connectivity index (χ4n) is 7.78. The Kier molecular flexibility index (Phi) is 7.19. The third-order valence-electron chi connectivity index (χ3n) is 9.65. The zero-order valence-electron chi connectivity index (χ0n) is 24.8. The van der Waals surface area contributed by atoms with E-state index >= 15 is 8.78 Å². The van der Waals surface area contributed by atoms with Crippen molar-refractivity contribution in [1.29, 1.82) is 0 Å². The Morgan fingerprint density at radius 2 is 1.82 bits per heavy atom. The molecule has 0 aliphatic carbocycles. The van der Waals surface area contributed by atoms with Gasteiger partial charge in [0.15, 0.2) is 17.4 Å². The molecule has 9 nitrogen and oxygen atoms in total. The molecule has 0 saturated carbocycles. The van der Waals surface area contributed by atoms with Gasteiger partial charge in [-0.1, -0.05) is 0 Å². The second-order valence-corrected chi connectivity index (χ2v) is 12.6. The summed E-state index contributed by atoms with van der Waals surface area (Å²) in [6.45, 7) is 3.11. The highest BCUT2D eigenvalue weighted by Crippen LogP contribution is 2.47. The molecule has 7 rings (SSSR count). The van der Waals surface area contributed by atoms with Gasteiger partial charge in [-0.15, -0.1) is 0 Å². The van der Waals surface area contributed by atoms with Gasteiger partial charge in [-0.2, -0.15) is 23.1 Å². The number of alkyl halides is 4. The van der Waals surface area contributed by atoms with E-state index in [0.717, 1.165) is 45.9 Å². The first-order valence-electron chi connectivity index (χ1n) is 15.0. The van der Waals surface area contributed by atoms with Crippen molar-refractivity contribution in [2.24, 2.45) is 0 Å². The van der Waals surface area contributed by atoms with E-state index in [2.05, 4.69) is 20.3 Å². The van der Waals surface area contributed by atoms with Crippen molar-refractivity contribution in [3.05, 3.63) is 28.8 Å². The standard InChI is InChI=1S/C30H33F6N7O2/c1-14-8-18(37)39-24(21(14)30(34,35)36)19-22(32)25-20(26(44-2)23(19)33)27(42-11-16-4-5-17(12-42)38-16)41-28(40-25)45-13-29-6-3-7-43(29)10-15(31)9-29/h8,15-17,38H,3-7,9-13H2,1-2H3,(H2,37,39)/t15-,16?,17?,29+/m1/s1. The average Bonchev–Trinajstić information content (AvgIpc) is 3.61. The maximum absolute atomic E-state index is 16.7. The molecule has 3 aromatic rings. The quantitative estimate of drug-likeness (QED) is 0.370. The predicted molar refractivity (Wildman–Crippen MR) is 154 cm³/mol. The van der Waals surface area contributed by atoms with Crippen LogP contribution in [0.1, 0.15) is 43.2 Å². The Balaban J connectivity index is 1.43. The number of nitrogen functional groups attached to an aromatic ring is 1. The number of ether oxygens (including phenoxy) is 2. The molecule has 4 aliphatic rings. The lowest BCUT2D eigenvalue weighted by Crippen LogP contribution is -2.51. The summed E-state index contributed by atoms with van der Waals surface area (Å²) in [6.07, 6.45) is -2.37. The number of rotatable bonds is 6. The minimum atomic E-state index is -5.01. The molecule has 4 saturated heterocycles. The van der Waals surface area contributed by atoms with Gasteiger partial charge in [-0.3, -0.25) is 4.90 Å². The summed E-state index contributed by atoms with van der Waals surface area (Å²) in [5, 5.41) is 3.36. The molecule has 2 unspecified atom stereocenters. The lowest BCUT2D eigenvalue weighted by Gasteiger charge is -2.35. The molecule has 0 radical (unpaired) electrons. The number of methoxy groups -OCH3 is 1. The Hall–Kier alpha value is -3.59. The first kappa shape index (κ1) is 30.1. The van der Waals surface area contributed by atoms with Crippen molar-refractivity contribution in [2.45, 2.75) is 69.0 Å². The fraction of sp³-hybridized carbons (Fsp3) is 0.567. The first-order valence-corrected chi connectivity index (χ1v) is 15.0. The highest BCUT2D eigenvalue weighted by atomic mass is 19.4. The Morgan fingerprint density at radius 1 is 1.09 bits per heavy atom. The molecule has 15 heteroatoms. The van der Waals surface area contributed by atoms with Gasteiger partial charge in [0, 0.05) is 38.1 Å². The number of hydrogen-bond acceptors (Lipinski definition) is 9. The lowest BCUT2D eigenvalue weighted by molar-refractivity contribution is -0.137. The van der Waals surface area contributed by atoms with Crippen LogP contribution < -0.4 is 25.4 Å². The van der Waals surface area contributed by atoms with Crippen LogP contribution >= 0.6 is 0 Å². The Labute approximate surface area is 255 Å². The van der Waals surface area contributed by atoms with Gasteiger partial charge >= 0.3 is 12.2 Å². The third-order valence-corrected chi connectivity index (χ3v) is 9.65. The van der Waals surface area contributed by atoms with Crippen molar-refractivity contribution in [3.8, 4) is 23.0 Å². The van der Waals surface area contributed by atoms with Gasteiger partial charge in [-0.05, 0) is 50.8 Å². The summed E-state index contributed by atoms with van der Waals surface area (Å²) < 4.78 is 102. The van der Waals surface area contributed by atoms with Gasteiger partial charge in [-0.25, -0.2) is 18.2 Å². The molecule has 6 heterocycles. The van der Waals surface area contributed by atoms with Crippen LogP contribution in [0.5, 0.6) is 11.8 Å². The van der Waals surface area contributed by atoms with Crippen LogP contribution in [0.25, 0.3) is 22.2 Å². The summed E-state index contributed by atoms with van der Waals surface area (Å²) in [7, 11) is 1.14. The number of fused-ring (bicyclic) bond motifs is 4. The fourth-order valence-corrected chi connectivity index (χ4v) is 7.78. The zero-order valence-corrected chi connectivity index (χ0v) is 24.8. The molecular weight excluding hydrogens is 604 g/mol. The number of anilines is 2. The van der Waals surface area contributed by atoms with Crippen molar-refractivity contribution >= 4 is 22.5 Å². The molecular formula is C30H33F6N7O2. The van der Waals surface area contributed by atoms with E-state index in [9.17, 15) is 17.6 Å². The van der Waals surface area contributed by atoms with Gasteiger partial charge < -0.3 is 25.4 Å². The van der Waals surface area contributed by atoms with Crippen molar-refractivity contribution < 1.29 is 35.8 Å². The summed E-state index contributed by atoms with van der Waals surface area (Å²) >= 11 is 0. The van der Waals surface area contributed by atoms with Crippen LogP contribution in [0.15, 0.2) is 6.07 Å². The van der Waals surface area contributed by atoms with E-state index in [1.807, 2.05) is 9.80 Å². The molecule has 3 N–H and O–H groups in total. The molecule has 2 bridgehead atoms. The number of pyridine rings is 1. The van der Waals surface area contributed by atoms with E-state index < -0.39 is 57.6 Å². The SMILES string of the molecule is COc1c(F)c(-c2nc(N)cc(C)c2C(F)(F)F)c(F)c2nc(OC[C@@]34CCCN3C[C@H](F)C4)nc(N3CC4CCC(C3)N4)c12. The largest absolute Gasteiger partial charge is 0.493 e. The number of benzene rings is 1. The highest BCUT2D eigenvalue weighted by molar-refractivity contribution is 5.99. The normalized spacial score (nSPS) is 26.6. The van der Waals surface area contributed by atoms with Crippen molar-refractivity contribution in [3.63, 3.8) is 0 Å². The van der Waals surface area contributed by atoms with Crippen LogP contribution in [0.4, 0.5) is 38.0 Å². The zero-order chi connectivity index (χ0) is 31.8. The highest BCUT2D eigenvalue weighted by Gasteiger charge is 2.49. The van der Waals surface area contributed by atoms with Crippen LogP contribution in [0, 0.1) is 18.6 Å². The number of piperazine rings is 1. The number of hydrogen-bond donors (Lipinski definition) is 2. The molecule has 1 aromatic carbocycles. The average molecular weight is 638 g/mol. The molecule has 0 amide bonds. The summed E-state index contributed by atoms with van der Waals surface area (Å²) in [6, 6.07) is 0.955. The number of nitrogens with one attached hydrogen (secondary N) is 1. The molecule has 0 spiro atoms. The van der Waals surface area contributed by atoms with E-state index in [1.54, 1.807) is 0 Å². The summed E-state index contributed by atoms with van der Waals surface area (Å²) in [4.78, 5) is 16.6. The third kappa shape index (κ3) is 4.98.